The van der Waals surface area contributed by atoms with E-state index in [1.165, 1.54) is 17.8 Å². The molecule has 1 saturated carbocycles. The summed E-state index contributed by atoms with van der Waals surface area (Å²) >= 11 is 1.23. The molecule has 0 spiro atoms. The highest BCUT2D eigenvalue weighted by Crippen LogP contribution is 2.69. The molecule has 17 N–H and O–H groups in total. The number of hydrogen-bond acceptors (Lipinski definition) is 25. The Labute approximate surface area is 767 Å². The Kier molecular flexibility index (Phi) is 52.2. The molecule has 0 bridgehead atoms. The number of carbonyl (C=O) groups excluding carboxylic acids is 14. The number of carbonyl (C=O) groups is 15. The molecule has 131 heavy (non-hydrogen) atoms. The normalized spacial score (nSPS) is 14.6. The number of aliphatic hydroxyl groups is 1. The monoisotopic (exact) mass is 1890 g/mol. The SMILES string of the molecule is Cc1ccccc1NC(=O)Nc1ccc(CC(=O)C[C@@H](CCCCNC(=O)/C=C/c2cccnc2)C(=O)N[C@@H](CCCC(=O)O)C(=O)CC2(C(=O)NCCOCCOCCCC(=O)CCC(=O)NCCOCCOCCCC(=O)CCC(=O)N[C@@H](CCCCNC(=O)CCN3C(=O)CC(SCCCC(=N)CCCCC(O)(P(=O)(O)O)P(=O)(O)O)C3=O)C(N)=O)CCCCC2)cc1. The predicted octanol–water partition coefficient (Wildman–Crippen LogP) is 7.23. The molecule has 2 aliphatic rings. The van der Waals surface area contributed by atoms with Crippen molar-refractivity contribution in [3.8, 4) is 0 Å². The van der Waals surface area contributed by atoms with E-state index in [9.17, 15) is 111 Å². The first-order valence-electron chi connectivity index (χ1n) is 44.7. The van der Waals surface area contributed by atoms with Crippen LogP contribution in [0.15, 0.2) is 79.1 Å². The number of rotatable bonds is 71. The molecule has 11 amide bonds. The van der Waals surface area contributed by atoms with Crippen molar-refractivity contribution in [3.05, 3.63) is 95.8 Å². The van der Waals surface area contributed by atoms with Crippen LogP contribution in [0.4, 0.5) is 16.2 Å². The summed E-state index contributed by atoms with van der Waals surface area (Å²) in [7, 11) is -11.1. The fourth-order valence-electron chi connectivity index (χ4n) is 14.6. The number of anilines is 2. The van der Waals surface area contributed by atoms with Crippen LogP contribution in [0.25, 0.3) is 6.08 Å². The Morgan fingerprint density at radius 2 is 1.21 bits per heavy atom. The molecule has 2 fully saturated rings. The Bertz CT molecular complexity index is 4340. The molecule has 726 valence electrons. The third-order valence-corrected chi connectivity index (χ3v) is 27.2. The quantitative estimate of drug-likeness (QED) is 0.00871. The van der Waals surface area contributed by atoms with Crippen LogP contribution in [0.3, 0.4) is 0 Å². The third-order valence-electron chi connectivity index (χ3n) is 22.0. The van der Waals surface area contributed by atoms with Gasteiger partial charge in [0.05, 0.1) is 56.3 Å². The van der Waals surface area contributed by atoms with Crippen molar-refractivity contribution in [2.75, 3.05) is 102 Å². The second-order valence-corrected chi connectivity index (χ2v) is 37.9. The molecular formula is C89H132N12O27P2S. The molecule has 1 aliphatic heterocycles. The first kappa shape index (κ1) is 112. The smallest absolute Gasteiger partial charge is 0.369 e. The molecule has 1 saturated heterocycles. The Hall–Kier alpha value is -9.70. The number of urea groups is 1. The number of thioether (sulfide) groups is 1. The average Bonchev–Trinajstić information content (AvgIpc) is 0.813. The highest BCUT2D eigenvalue weighted by molar-refractivity contribution is 8.00. The number of ketones is 4. The van der Waals surface area contributed by atoms with Gasteiger partial charge in [-0.2, -0.15) is 0 Å². The number of aryl methyl sites for hydroxylation is 1. The molecule has 5 rings (SSSR count). The maximum atomic E-state index is 14.6. The first-order valence-corrected chi connectivity index (χ1v) is 49.0. The number of ether oxygens (including phenoxy) is 4. The van der Waals surface area contributed by atoms with E-state index >= 15 is 0 Å². The van der Waals surface area contributed by atoms with Crippen LogP contribution in [-0.2, 0) is 102 Å². The zero-order chi connectivity index (χ0) is 96.0. The van der Waals surface area contributed by atoms with Crippen molar-refractivity contribution in [3.63, 3.8) is 0 Å². The highest BCUT2D eigenvalue weighted by atomic mass is 32.2. The summed E-state index contributed by atoms with van der Waals surface area (Å²) < 4.78 is 45.5. The summed E-state index contributed by atoms with van der Waals surface area (Å²) in [4.78, 5) is 237. The van der Waals surface area contributed by atoms with Crippen LogP contribution in [0, 0.1) is 23.7 Å². The zero-order valence-corrected chi connectivity index (χ0v) is 77.3. The number of pyridine rings is 1. The average molecular weight is 1900 g/mol. The number of carboxylic acids is 1. The number of likely N-dealkylation sites (tertiary alicyclic amines) is 1. The first-order chi connectivity index (χ1) is 62.5. The molecule has 4 atom stereocenters. The van der Waals surface area contributed by atoms with Gasteiger partial charge in [0.15, 0.2) is 5.78 Å². The van der Waals surface area contributed by atoms with E-state index in [4.69, 9.17) is 30.1 Å². The van der Waals surface area contributed by atoms with Gasteiger partial charge in [-0.05, 0) is 169 Å². The second kappa shape index (κ2) is 61.2. The number of nitrogens with one attached hydrogen (secondary N) is 9. The number of unbranched alkanes of at least 4 members (excludes halogenated alkanes) is 3. The maximum Gasteiger partial charge on any atom is 0.369 e. The number of imide groups is 1. The van der Waals surface area contributed by atoms with E-state index in [1.54, 1.807) is 60.9 Å². The Balaban J connectivity index is 0.874. The lowest BCUT2D eigenvalue weighted by Crippen LogP contribution is -2.49. The molecule has 39 nitrogen and oxygen atoms in total. The minimum Gasteiger partial charge on any atom is -0.481 e. The molecule has 1 aliphatic carbocycles. The van der Waals surface area contributed by atoms with Crippen LogP contribution in [0.5, 0.6) is 0 Å². The minimum absolute atomic E-state index is 0.00581. The number of Topliss-reactive ketones (excluding diaryl/α,β-unsaturated/α-hetero) is 4. The van der Waals surface area contributed by atoms with Gasteiger partial charge in [0.1, 0.15) is 23.4 Å². The van der Waals surface area contributed by atoms with E-state index in [0.717, 1.165) is 22.4 Å². The topological polar surface area (TPSA) is 611 Å². The number of amides is 11. The lowest BCUT2D eigenvalue weighted by atomic mass is 9.69. The fourth-order valence-corrected chi connectivity index (χ4v) is 17.9. The van der Waals surface area contributed by atoms with Gasteiger partial charge in [0.25, 0.3) is 5.08 Å². The van der Waals surface area contributed by atoms with Crippen molar-refractivity contribution in [2.45, 2.75) is 241 Å². The lowest BCUT2D eigenvalue weighted by Gasteiger charge is -2.36. The largest absolute Gasteiger partial charge is 0.481 e. The standard InChI is InChI=1S/C89H132N12O27P2S/c1-63-18-3-4-25-72(63)100-87(117)97-68-32-29-64(30-33-68)58-71(104)59-66(20-6-11-44-93-77(106)36-31-65-19-14-43-92-62-65)84(114)99-73(27-13-28-82(111)112)75(105)61-88(40-8-2-9-41-88)86(116)96-47-52-128-56-54-126-49-15-23-69(102)34-37-78(107)95-46-51-127-55-53-125-50-16-24-70(103)35-38-80(109)98-74(83(91)113)26-7-12-45-94-79(108)39-48-101-81(110)60-76(85(101)115)131-57-17-22-67(90)21-5-10-42-89(118,129(119,120)121)130(122,123)124/h3-4,14,18-19,25,29-33,36,43,62,66,73-74,76,90,118H,2,5-13,15-17,20-24,26-28,34-35,37-42,44-61H2,1H3,(H2,91,113)(H,93,106)(H,94,108)(H,95,107)(H,96,116)(H,98,109)(H,99,114)(H,111,112)(H2,97,100,117)(H2,119,120,121)(H2,122,123,124)/b36-31+,90-67?/t66-,73+,74+,76?/m1/s1. The summed E-state index contributed by atoms with van der Waals surface area (Å²) in [6.07, 6.45) is 11.3. The Morgan fingerprint density at radius 1 is 0.611 bits per heavy atom. The highest BCUT2D eigenvalue weighted by Gasteiger charge is 2.58. The molecule has 0 radical (unpaired) electrons. The molecule has 1 unspecified atom stereocenters. The van der Waals surface area contributed by atoms with Gasteiger partial charge in [-0.25, -0.2) is 4.79 Å². The summed E-state index contributed by atoms with van der Waals surface area (Å²) in [6.45, 7) is 4.18. The van der Waals surface area contributed by atoms with E-state index in [-0.39, 0.29) is 255 Å². The van der Waals surface area contributed by atoms with Gasteiger partial charge < -0.3 is 102 Å². The number of carboxylic acid groups (broad SMARTS) is 1. The molecule has 42 heteroatoms. The zero-order valence-electron chi connectivity index (χ0n) is 74.7. The van der Waals surface area contributed by atoms with Crippen LogP contribution in [0.2, 0.25) is 0 Å². The summed E-state index contributed by atoms with van der Waals surface area (Å²) in [5, 5.41) is 45.7. The van der Waals surface area contributed by atoms with Gasteiger partial charge >= 0.3 is 27.2 Å². The van der Waals surface area contributed by atoms with Gasteiger partial charge in [-0.1, -0.05) is 62.1 Å². The molecule has 2 heterocycles. The Morgan fingerprint density at radius 3 is 1.83 bits per heavy atom. The third kappa shape index (κ3) is 45.1. The fraction of sp³-hybridized carbons (Fsp3) is 0.607. The molecule has 2 aromatic carbocycles. The predicted molar refractivity (Wildman–Crippen MR) is 487 cm³/mol. The summed E-state index contributed by atoms with van der Waals surface area (Å²) in [6, 6.07) is 15.0. The maximum absolute atomic E-state index is 14.6. The van der Waals surface area contributed by atoms with Gasteiger partial charge in [-0.3, -0.25) is 86.1 Å². The number of aliphatic carboxylic acids is 1. The van der Waals surface area contributed by atoms with Crippen molar-refractivity contribution >= 4 is 138 Å². The van der Waals surface area contributed by atoms with Crippen LogP contribution < -0.4 is 48.3 Å². The molecule has 1 aromatic heterocycles. The van der Waals surface area contributed by atoms with Crippen LogP contribution in [0.1, 0.15) is 222 Å². The summed E-state index contributed by atoms with van der Waals surface area (Å²) in [5.74, 6) is -6.79. The summed E-state index contributed by atoms with van der Waals surface area (Å²) in [5.41, 5.74) is 8.04. The molecule has 3 aromatic rings. The number of nitrogens with two attached hydrogens (primary N) is 1. The number of benzene rings is 2. The van der Waals surface area contributed by atoms with E-state index in [1.807, 2.05) is 25.1 Å². The van der Waals surface area contributed by atoms with Gasteiger partial charge in [0.2, 0.25) is 53.2 Å². The van der Waals surface area contributed by atoms with Crippen LogP contribution in [-0.4, -0.2) is 247 Å². The number of aromatic nitrogens is 1. The van der Waals surface area contributed by atoms with E-state index < -0.39 is 109 Å². The number of primary amides is 1. The van der Waals surface area contributed by atoms with E-state index in [2.05, 4.69) is 47.5 Å². The number of para-hydroxylation sites is 1. The van der Waals surface area contributed by atoms with Gasteiger partial charge in [-0.15, -0.1) is 11.8 Å². The lowest BCUT2D eigenvalue weighted by molar-refractivity contribution is -0.140. The number of nitrogens with zero attached hydrogens (tertiary/aromatic N) is 2. The second-order valence-electron chi connectivity index (χ2n) is 32.6. The van der Waals surface area contributed by atoms with Crippen molar-refractivity contribution in [1.82, 2.24) is 41.8 Å². The van der Waals surface area contributed by atoms with Gasteiger partial charge in [0, 0.05) is 164 Å². The van der Waals surface area contributed by atoms with Crippen molar-refractivity contribution in [1.29, 1.82) is 5.41 Å². The molecular weight excluding hydrogens is 1760 g/mol. The number of hydrogen-bond donors (Lipinski definition) is 16. The van der Waals surface area contributed by atoms with Crippen molar-refractivity contribution in [2.24, 2.45) is 17.1 Å². The van der Waals surface area contributed by atoms with Crippen LogP contribution >= 0.6 is 27.0 Å². The minimum atomic E-state index is -5.56. The van der Waals surface area contributed by atoms with E-state index in [0.29, 0.717) is 93.3 Å². The van der Waals surface area contributed by atoms with Crippen molar-refractivity contribution < 1.29 is 130 Å².